The monoisotopic (exact) mass is 594 g/mol. The third-order valence-electron chi connectivity index (χ3n) is 7.71. The van der Waals surface area contributed by atoms with Gasteiger partial charge in [0.25, 0.3) is 11.8 Å². The van der Waals surface area contributed by atoms with E-state index in [1.165, 1.54) is 32.1 Å². The van der Waals surface area contributed by atoms with Crippen LogP contribution in [-0.4, -0.2) is 71.8 Å². The molecule has 1 aromatic heterocycles. The number of primary amides is 1. The summed E-state index contributed by atoms with van der Waals surface area (Å²) < 4.78 is 0.766. The fourth-order valence-corrected chi connectivity index (χ4v) is 5.87. The number of piperazine rings is 1. The van der Waals surface area contributed by atoms with E-state index >= 15 is 0 Å². The Kier molecular flexibility index (Phi) is 7.90. The highest BCUT2D eigenvalue weighted by atomic mass is 79.9. The highest BCUT2D eigenvalue weighted by molar-refractivity contribution is 9.10. The highest BCUT2D eigenvalue weighted by Gasteiger charge is 2.53. The third-order valence-corrected chi connectivity index (χ3v) is 8.20. The molecule has 2 unspecified atom stereocenters. The Morgan fingerprint density at radius 2 is 1.95 bits per heavy atom. The average molecular weight is 596 g/mol. The zero-order valence-corrected chi connectivity index (χ0v) is 23.9. The van der Waals surface area contributed by atoms with Crippen LogP contribution in [0, 0.1) is 6.92 Å². The van der Waals surface area contributed by atoms with Gasteiger partial charge < -0.3 is 20.9 Å². The minimum atomic E-state index is -1.52. The van der Waals surface area contributed by atoms with Crippen molar-refractivity contribution in [3.8, 4) is 0 Å². The van der Waals surface area contributed by atoms with Crippen molar-refractivity contribution in [1.82, 2.24) is 20.2 Å². The molecular formula is C28H35BrN8O2. The maximum Gasteiger partial charge on any atom is 0.254 e. The van der Waals surface area contributed by atoms with E-state index < -0.39 is 23.4 Å². The normalized spacial score (nSPS) is 21.3. The van der Waals surface area contributed by atoms with Crippen LogP contribution in [0.4, 0.5) is 11.6 Å². The number of anilines is 2. The smallest absolute Gasteiger partial charge is 0.254 e. The lowest BCUT2D eigenvalue weighted by Gasteiger charge is -2.36. The van der Waals surface area contributed by atoms with Crippen LogP contribution in [-0.2, 0) is 15.1 Å². The number of amides is 2. The molecule has 10 nitrogen and oxygen atoms in total. The molecule has 11 heteroatoms. The Labute approximate surface area is 236 Å². The fraction of sp³-hybridized carbons (Fsp3) is 0.429. The lowest BCUT2D eigenvalue weighted by Crippen LogP contribution is -2.59. The van der Waals surface area contributed by atoms with Crippen LogP contribution in [0.15, 0.2) is 45.9 Å². The minimum absolute atomic E-state index is 0.291. The molecule has 1 saturated heterocycles. The molecule has 2 aliphatic rings. The number of aryl methyl sites for hydroxylation is 1. The fourth-order valence-electron chi connectivity index (χ4n) is 5.51. The van der Waals surface area contributed by atoms with Crippen molar-refractivity contribution in [2.75, 3.05) is 42.9 Å². The Morgan fingerprint density at radius 3 is 2.69 bits per heavy atom. The summed E-state index contributed by atoms with van der Waals surface area (Å²) >= 11 is 3.45. The van der Waals surface area contributed by atoms with Gasteiger partial charge in [0.2, 0.25) is 5.95 Å². The predicted octanol–water partition coefficient (Wildman–Crippen LogP) is 3.27. The van der Waals surface area contributed by atoms with Gasteiger partial charge in [-0.1, -0.05) is 41.8 Å². The number of fused-ring (bicyclic) bond motifs is 1. The Bertz CT molecular complexity index is 1400. The maximum absolute atomic E-state index is 13.5. The maximum atomic E-state index is 13.5. The van der Waals surface area contributed by atoms with Crippen LogP contribution in [0.5, 0.6) is 0 Å². The first kappa shape index (κ1) is 27.1. The molecule has 5 rings (SSSR count). The first-order valence-electron chi connectivity index (χ1n) is 13.5. The van der Waals surface area contributed by atoms with E-state index in [-0.39, 0.29) is 0 Å². The Morgan fingerprint density at radius 1 is 1.15 bits per heavy atom. The number of nitrogens with two attached hydrogens (primary N) is 1. The summed E-state index contributed by atoms with van der Waals surface area (Å²) in [6.07, 6.45) is 5.15. The number of carbonyl (C=O) groups is 2. The predicted molar refractivity (Wildman–Crippen MR) is 158 cm³/mol. The largest absolute Gasteiger partial charge is 0.369 e. The minimum Gasteiger partial charge on any atom is -0.369 e. The Hall–Kier alpha value is -3.44. The van der Waals surface area contributed by atoms with Gasteiger partial charge in [-0.15, -0.1) is 0 Å². The zero-order valence-electron chi connectivity index (χ0n) is 22.3. The summed E-state index contributed by atoms with van der Waals surface area (Å²) in [7, 11) is 0. The molecule has 0 saturated carbocycles. The third kappa shape index (κ3) is 5.38. The van der Waals surface area contributed by atoms with Crippen LogP contribution in [0.1, 0.15) is 37.3 Å². The van der Waals surface area contributed by atoms with E-state index in [1.807, 2.05) is 25.1 Å². The number of H-pyrrole nitrogens is 1. The summed E-state index contributed by atoms with van der Waals surface area (Å²) in [5.74, 6) is -0.895. The number of aromatic nitrogens is 2. The number of carbonyl (C=O) groups excluding carboxylic acids is 2. The second kappa shape index (κ2) is 11.4. The zero-order chi connectivity index (χ0) is 27.6. The summed E-state index contributed by atoms with van der Waals surface area (Å²) in [4.78, 5) is 43.3. The van der Waals surface area contributed by atoms with Gasteiger partial charge in [-0.2, -0.15) is 0 Å². The number of hydrogen-bond donors (Lipinski definition) is 4. The number of halogens is 1. The van der Waals surface area contributed by atoms with Gasteiger partial charge in [0.05, 0.1) is 17.4 Å². The Balaban J connectivity index is 1.31. The second-order valence-corrected chi connectivity index (χ2v) is 11.2. The molecule has 2 aromatic carbocycles. The first-order valence-corrected chi connectivity index (χ1v) is 14.2. The summed E-state index contributed by atoms with van der Waals surface area (Å²) in [6, 6.07) is 10.5. The van der Waals surface area contributed by atoms with Crippen molar-refractivity contribution in [3.05, 3.63) is 52.0 Å². The molecule has 5 N–H and O–H groups in total. The van der Waals surface area contributed by atoms with Gasteiger partial charge in [-0.3, -0.25) is 24.8 Å². The highest BCUT2D eigenvalue weighted by Crippen LogP contribution is 2.34. The van der Waals surface area contributed by atoms with Gasteiger partial charge in [-0.25, -0.2) is 4.98 Å². The van der Waals surface area contributed by atoms with E-state index in [1.54, 1.807) is 6.07 Å². The van der Waals surface area contributed by atoms with Gasteiger partial charge >= 0.3 is 0 Å². The number of hydrogen-bond acceptors (Lipinski definition) is 7. The molecule has 2 aliphatic heterocycles. The number of aliphatic imine (C=N–C) groups is 1. The summed E-state index contributed by atoms with van der Waals surface area (Å²) in [5, 5.41) is 5.79. The lowest BCUT2D eigenvalue weighted by atomic mass is 9.80. The van der Waals surface area contributed by atoms with Gasteiger partial charge in [-0.05, 0) is 61.3 Å². The van der Waals surface area contributed by atoms with Crippen LogP contribution in [0.25, 0.3) is 11.0 Å². The first-order chi connectivity index (χ1) is 18.8. The number of unbranched alkanes of at least 4 members (excludes halogenated alkanes) is 2. The molecule has 2 atom stereocenters. The van der Waals surface area contributed by atoms with Crippen molar-refractivity contribution in [1.29, 1.82) is 0 Å². The van der Waals surface area contributed by atoms with Crippen molar-refractivity contribution >= 4 is 56.8 Å². The van der Waals surface area contributed by atoms with Crippen molar-refractivity contribution in [3.63, 3.8) is 0 Å². The van der Waals surface area contributed by atoms with Crippen molar-refractivity contribution in [2.24, 2.45) is 10.7 Å². The quantitative estimate of drug-likeness (QED) is 0.281. The molecule has 1 fully saturated rings. The van der Waals surface area contributed by atoms with Gasteiger partial charge in [0.15, 0.2) is 11.6 Å². The molecule has 0 spiro atoms. The van der Waals surface area contributed by atoms with E-state index in [9.17, 15) is 9.59 Å². The summed E-state index contributed by atoms with van der Waals surface area (Å²) in [6.45, 7) is 9.34. The topological polar surface area (TPSA) is 132 Å². The number of rotatable bonds is 9. The summed E-state index contributed by atoms with van der Waals surface area (Å²) in [5.41, 5.74) is 8.45. The van der Waals surface area contributed by atoms with Crippen molar-refractivity contribution in [2.45, 2.75) is 44.7 Å². The van der Waals surface area contributed by atoms with Crippen LogP contribution < -0.4 is 21.3 Å². The van der Waals surface area contributed by atoms with Crippen molar-refractivity contribution < 1.29 is 9.59 Å². The van der Waals surface area contributed by atoms with E-state index in [0.29, 0.717) is 11.5 Å². The molecule has 0 radical (unpaired) electrons. The van der Waals surface area contributed by atoms with E-state index in [2.05, 4.69) is 70.4 Å². The second-order valence-electron chi connectivity index (χ2n) is 10.3. The van der Waals surface area contributed by atoms with Crippen LogP contribution >= 0.6 is 15.9 Å². The standard InChI is InChI=1S/C28H35BrN8O2/c1-3-4-5-10-36-11-13-37(14-12-36)20-8-9-22-23(16-20)34-27(33-22)35-25(38)24-28(26(30)39,32-17-31-24)21-15-19(29)7-6-18(21)2/h6-9,15-17,24H,3-5,10-14H2,1-2H3,(H2,30,39)(H,31,32)(H2,33,34,35,38). The number of imidazole rings is 1. The van der Waals surface area contributed by atoms with Gasteiger partial charge in [0.1, 0.15) is 0 Å². The number of benzene rings is 2. The molecule has 2 amide bonds. The van der Waals surface area contributed by atoms with Crippen LogP contribution in [0.2, 0.25) is 0 Å². The molecule has 206 valence electrons. The molecule has 3 heterocycles. The van der Waals surface area contributed by atoms with E-state index in [0.717, 1.165) is 52.9 Å². The molecule has 39 heavy (non-hydrogen) atoms. The van der Waals surface area contributed by atoms with Gasteiger partial charge in [0, 0.05) is 36.3 Å². The number of aromatic amines is 1. The van der Waals surface area contributed by atoms with Crippen LogP contribution in [0.3, 0.4) is 0 Å². The lowest BCUT2D eigenvalue weighted by molar-refractivity contribution is -0.129. The van der Waals surface area contributed by atoms with E-state index in [4.69, 9.17) is 5.73 Å². The SMILES string of the molecule is CCCCCN1CCN(c2ccc3nc(NC(=O)C4N=CNC4(C(N)=O)c4cc(Br)ccc4C)[nH]c3c2)CC1. The molecule has 0 aliphatic carbocycles. The average Bonchev–Trinajstić information content (AvgIpc) is 3.55. The number of nitrogens with one attached hydrogen (secondary N) is 3. The molecule has 3 aromatic rings. The number of nitrogens with zero attached hydrogens (tertiary/aromatic N) is 4. The molecule has 0 bridgehead atoms. The molecular weight excluding hydrogens is 560 g/mol.